The first-order valence-electron chi connectivity index (χ1n) is 28.5. The van der Waals surface area contributed by atoms with Gasteiger partial charge in [-0.25, -0.2) is 24.6 Å². The van der Waals surface area contributed by atoms with Crippen molar-refractivity contribution >= 4 is 55.0 Å². The van der Waals surface area contributed by atoms with Crippen molar-refractivity contribution in [2.24, 2.45) is 0 Å². The Balaban J connectivity index is 1.05. The van der Waals surface area contributed by atoms with E-state index in [4.69, 9.17) is 33.1 Å². The van der Waals surface area contributed by atoms with Crippen LogP contribution in [-0.4, -0.2) is 29.1 Å². The second-order valence-corrected chi connectivity index (χ2v) is 21.4. The second kappa shape index (κ2) is 21.7. The first kappa shape index (κ1) is 52.0. The summed E-state index contributed by atoms with van der Waals surface area (Å²) >= 11 is 0. The fraction of sp³-hybridized carbons (Fsp3) is 0. The van der Waals surface area contributed by atoms with Crippen LogP contribution in [-0.2, 0) is 0 Å². The van der Waals surface area contributed by atoms with Gasteiger partial charge in [-0.1, -0.05) is 158 Å². The van der Waals surface area contributed by atoms with Crippen molar-refractivity contribution in [3.05, 3.63) is 301 Å². The molecule has 0 fully saturated rings. The van der Waals surface area contributed by atoms with Gasteiger partial charge in [0.2, 0.25) is 0 Å². The van der Waals surface area contributed by atoms with Crippen molar-refractivity contribution in [1.29, 1.82) is 10.5 Å². The van der Waals surface area contributed by atoms with Crippen molar-refractivity contribution < 1.29 is 0 Å². The van der Waals surface area contributed by atoms with Crippen LogP contribution in [0.25, 0.3) is 155 Å². The smallest absolute Gasteiger partial charge is 0.187 e. The van der Waals surface area contributed by atoms with Crippen molar-refractivity contribution in [2.45, 2.75) is 0 Å². The van der Waals surface area contributed by atoms with E-state index in [9.17, 15) is 10.5 Å². The van der Waals surface area contributed by atoms with Crippen molar-refractivity contribution in [1.82, 2.24) is 29.1 Å². The number of hydrogen-bond acceptors (Lipinski definition) is 6. The fourth-order valence-electron chi connectivity index (χ4n) is 12.2. The van der Waals surface area contributed by atoms with Gasteiger partial charge in [0.1, 0.15) is 0 Å². The maximum atomic E-state index is 9.99. The second-order valence-electron chi connectivity index (χ2n) is 21.4. The van der Waals surface area contributed by atoms with E-state index < -0.39 is 0 Å². The zero-order valence-corrected chi connectivity index (χ0v) is 46.9. The van der Waals surface area contributed by atoms with Crippen molar-refractivity contribution in [3.63, 3.8) is 0 Å². The Morgan fingerprint density at radius 2 is 0.705 bits per heavy atom. The van der Waals surface area contributed by atoms with Crippen LogP contribution >= 0.6 is 0 Å². The highest BCUT2D eigenvalue weighted by Gasteiger charge is 2.27. The third kappa shape index (κ3) is 9.13. The summed E-state index contributed by atoms with van der Waals surface area (Å²) in [5.74, 6) is 1.47. The molecule has 0 spiro atoms. The van der Waals surface area contributed by atoms with Crippen LogP contribution in [0.4, 0.5) is 11.4 Å². The molecular weight excluding hydrogens is 1080 g/mol. The van der Waals surface area contributed by atoms with E-state index in [1.54, 1.807) is 0 Å². The van der Waals surface area contributed by atoms with Crippen LogP contribution in [0.5, 0.6) is 0 Å². The zero-order chi connectivity index (χ0) is 59.2. The summed E-state index contributed by atoms with van der Waals surface area (Å²) in [6.07, 6.45) is 1.84. The number of nitriles is 2. The van der Waals surface area contributed by atoms with Gasteiger partial charge >= 0.3 is 0 Å². The van der Waals surface area contributed by atoms with Crippen LogP contribution in [0, 0.1) is 35.8 Å². The Morgan fingerprint density at radius 3 is 1.15 bits per heavy atom. The van der Waals surface area contributed by atoms with Gasteiger partial charge in [-0.15, -0.1) is 0 Å². The summed E-state index contributed by atoms with van der Waals surface area (Å²) in [6, 6.07) is 91.6. The Hall–Kier alpha value is -12.9. The first-order chi connectivity index (χ1) is 43.4. The fourth-order valence-corrected chi connectivity index (χ4v) is 12.2. The number of hydrogen-bond donors (Lipinski definition) is 0. The Labute approximate surface area is 506 Å². The molecule has 0 aliphatic heterocycles. The number of aromatic nitrogens is 6. The molecule has 0 bridgehead atoms. The molecule has 11 aromatic carbocycles. The van der Waals surface area contributed by atoms with E-state index in [0.29, 0.717) is 51.2 Å². The Bertz CT molecular complexity index is 5230. The van der Waals surface area contributed by atoms with E-state index >= 15 is 0 Å². The summed E-state index contributed by atoms with van der Waals surface area (Å²) in [6.45, 7) is 15.7. The first-order valence-corrected chi connectivity index (χ1v) is 28.5. The summed E-state index contributed by atoms with van der Waals surface area (Å²) in [5, 5.41) is 23.9. The van der Waals surface area contributed by atoms with Gasteiger partial charge in [0.05, 0.1) is 75.5 Å². The largest absolute Gasteiger partial charge is 0.309 e. The summed E-state index contributed by atoms with van der Waals surface area (Å²) in [4.78, 5) is 29.0. The molecular formula is C78H44N10. The molecule has 15 rings (SSSR count). The summed E-state index contributed by atoms with van der Waals surface area (Å²) < 4.78 is 4.60. The highest BCUT2D eigenvalue weighted by molar-refractivity contribution is 6.14. The van der Waals surface area contributed by atoms with Crippen LogP contribution in [0.3, 0.4) is 0 Å². The lowest BCUT2D eigenvalue weighted by Gasteiger charge is -2.20. The molecule has 0 unspecified atom stereocenters. The topological polar surface area (TPSA) is 118 Å². The minimum atomic E-state index is 0.446. The standard InChI is InChI=1S/C78H44N10/c1-81-61-25-11-23-55(41-61)59-32-34-68-64(45-59)65-46-60(56-24-12-26-62(42-56)82-2)33-35-69(65)87(68)72-28-13-27-63(78-85-76(51-17-5-3-6-18-51)84-77(86-78)52-19-7-4-8-20-52)74(72)75-73(29-14-38-83-75)88-70-36-30-57(53-21-9-15-49(39-53)47-79)43-66(70)67-44-58(31-37-71(67)88)54-22-10-16-50(40-54)48-80/h3-46H. The molecule has 10 nitrogen and oxygen atoms in total. The average molecular weight is 1120 g/mol. The molecule has 0 N–H and O–H groups in total. The van der Waals surface area contributed by atoms with Gasteiger partial charge in [-0.3, -0.25) is 4.98 Å². The van der Waals surface area contributed by atoms with Crippen molar-refractivity contribution in [3.8, 4) is 113 Å². The van der Waals surface area contributed by atoms with Crippen LogP contribution < -0.4 is 0 Å². The number of benzene rings is 11. The quantitative estimate of drug-likeness (QED) is 0.126. The SMILES string of the molecule is [C-]#[N+]c1cccc(-c2ccc3c(c2)c2cc(-c4cccc([N+]#[C-])c4)ccc2n3-c2cccc(-c3nc(-c4ccccc4)nc(-c4ccccc4)n3)c2-c2ncccc2-n2c3ccc(-c4cccc(C#N)c4)cc3c3cc(-c4cccc(C#N)c4)ccc32)c1. The van der Waals surface area contributed by atoms with E-state index in [2.05, 4.69) is 128 Å². The Morgan fingerprint density at radius 1 is 0.330 bits per heavy atom. The van der Waals surface area contributed by atoms with Gasteiger partial charge in [0, 0.05) is 50.0 Å². The zero-order valence-electron chi connectivity index (χ0n) is 46.9. The molecule has 4 heterocycles. The molecule has 0 radical (unpaired) electrons. The number of pyridine rings is 1. The lowest BCUT2D eigenvalue weighted by molar-refractivity contribution is 1.07. The Kier molecular flexibility index (Phi) is 12.8. The minimum Gasteiger partial charge on any atom is -0.309 e. The van der Waals surface area contributed by atoms with Crippen LogP contribution in [0.15, 0.2) is 267 Å². The van der Waals surface area contributed by atoms with Gasteiger partial charge < -0.3 is 9.13 Å². The lowest BCUT2D eigenvalue weighted by Crippen LogP contribution is -2.06. The normalized spacial score (nSPS) is 11.1. The molecule has 15 aromatic rings. The van der Waals surface area contributed by atoms with Gasteiger partial charge in [0.15, 0.2) is 28.8 Å². The molecule has 0 atom stereocenters. The molecule has 0 aliphatic carbocycles. The predicted octanol–water partition coefficient (Wildman–Crippen LogP) is 19.6. The van der Waals surface area contributed by atoms with Crippen LogP contribution in [0.2, 0.25) is 0 Å². The minimum absolute atomic E-state index is 0.446. The highest BCUT2D eigenvalue weighted by atomic mass is 15.1. The predicted molar refractivity (Wildman–Crippen MR) is 352 cm³/mol. The highest BCUT2D eigenvalue weighted by Crippen LogP contribution is 2.46. The van der Waals surface area contributed by atoms with Gasteiger partial charge in [-0.2, -0.15) is 10.5 Å². The maximum absolute atomic E-state index is 9.99. The molecule has 0 aliphatic rings. The number of rotatable bonds is 10. The molecule has 0 saturated carbocycles. The summed E-state index contributed by atoms with van der Waals surface area (Å²) in [7, 11) is 0. The molecule has 406 valence electrons. The third-order valence-electron chi connectivity index (χ3n) is 16.3. The van der Waals surface area contributed by atoms with Gasteiger partial charge in [0.25, 0.3) is 0 Å². The van der Waals surface area contributed by atoms with E-state index in [0.717, 1.165) is 116 Å². The summed E-state index contributed by atoms with van der Waals surface area (Å²) in [5.41, 5.74) is 18.8. The average Bonchev–Trinajstić information content (AvgIpc) is 2.02. The molecule has 10 heteroatoms. The monoisotopic (exact) mass is 1120 g/mol. The molecule has 4 aromatic heterocycles. The lowest BCUT2D eigenvalue weighted by atomic mass is 9.98. The third-order valence-corrected chi connectivity index (χ3v) is 16.3. The molecule has 0 saturated heterocycles. The molecule has 88 heavy (non-hydrogen) atoms. The number of fused-ring (bicyclic) bond motifs is 6. The van der Waals surface area contributed by atoms with E-state index in [1.165, 1.54) is 0 Å². The maximum Gasteiger partial charge on any atom is 0.187 e. The van der Waals surface area contributed by atoms with E-state index in [-0.39, 0.29) is 0 Å². The molecule has 0 amide bonds. The van der Waals surface area contributed by atoms with E-state index in [1.807, 2.05) is 170 Å². The van der Waals surface area contributed by atoms with Gasteiger partial charge in [-0.05, 0) is 148 Å². The number of nitrogens with zero attached hydrogens (tertiary/aromatic N) is 10. The van der Waals surface area contributed by atoms with Crippen molar-refractivity contribution in [2.75, 3.05) is 0 Å². The van der Waals surface area contributed by atoms with Crippen LogP contribution in [0.1, 0.15) is 11.1 Å².